The number of rotatable bonds is 5. The maximum atomic E-state index is 10.8. The van der Waals surface area contributed by atoms with Gasteiger partial charge in [0.1, 0.15) is 6.04 Å². The van der Waals surface area contributed by atoms with Crippen molar-refractivity contribution >= 4 is 5.97 Å². The van der Waals surface area contributed by atoms with Crippen LogP contribution in [0, 0.1) is 0 Å². The molecule has 0 aliphatic carbocycles. The van der Waals surface area contributed by atoms with E-state index >= 15 is 0 Å². The van der Waals surface area contributed by atoms with Crippen molar-refractivity contribution in [1.29, 1.82) is 0 Å². The molecule has 0 unspecified atom stereocenters. The second-order valence-electron chi connectivity index (χ2n) is 2.66. The van der Waals surface area contributed by atoms with Crippen molar-refractivity contribution in [3.63, 3.8) is 0 Å². The van der Waals surface area contributed by atoms with Gasteiger partial charge in [-0.15, -0.1) is 0 Å². The minimum atomic E-state index is -0.489. The average Bonchev–Trinajstić information content (AvgIpc) is 1.97. The van der Waals surface area contributed by atoms with Gasteiger partial charge >= 0.3 is 35.5 Å². The summed E-state index contributed by atoms with van der Waals surface area (Å²) in [6.07, 6.45) is 3.18. The normalized spacial score (nSPS) is 11.6. The first-order chi connectivity index (χ1) is 5.18. The second-order valence-corrected chi connectivity index (χ2v) is 2.66. The number of hydrogen-bond donors (Lipinski definition) is 1. The van der Waals surface area contributed by atoms with Gasteiger partial charge in [0.25, 0.3) is 0 Å². The number of unbranched alkanes of at least 4 members (excludes halogenated alkanes) is 2. The largest absolute Gasteiger partial charge is 1.00 e. The summed E-state index contributed by atoms with van der Waals surface area (Å²) in [7, 11) is 0. The molecule has 0 bridgehead atoms. The summed E-state index contributed by atoms with van der Waals surface area (Å²) in [5.74, 6) is -0.305. The molecule has 0 aliphatic rings. The van der Waals surface area contributed by atoms with E-state index in [1.165, 1.54) is 0 Å². The van der Waals surface area contributed by atoms with E-state index in [4.69, 9.17) is 10.5 Å². The monoisotopic (exact) mass is 183 g/mol. The topological polar surface area (TPSA) is 52.3 Å². The molecule has 0 heterocycles. The summed E-state index contributed by atoms with van der Waals surface area (Å²) in [5, 5.41) is 0. The Bertz CT molecular complexity index is 123. The summed E-state index contributed by atoms with van der Waals surface area (Å²) in [4.78, 5) is 10.8. The Morgan fingerprint density at radius 3 is 2.58 bits per heavy atom. The van der Waals surface area contributed by atoms with Crippen LogP contribution in [0.15, 0.2) is 0 Å². The predicted molar refractivity (Wildman–Crippen MR) is 45.2 cm³/mol. The minimum absolute atomic E-state index is 0. The number of ether oxygens (including phenoxy) is 1. The molecule has 12 heavy (non-hydrogen) atoms. The summed E-state index contributed by atoms with van der Waals surface area (Å²) in [6.45, 7) is 4.24. The number of carbonyl (C=O) groups excluding carboxylic acids is 1. The van der Waals surface area contributed by atoms with Crippen molar-refractivity contribution in [3.8, 4) is 0 Å². The number of esters is 1. The molecule has 1 atom stereocenters. The van der Waals surface area contributed by atoms with E-state index in [9.17, 15) is 4.79 Å². The van der Waals surface area contributed by atoms with Crippen LogP contribution in [0.3, 0.4) is 0 Å². The van der Waals surface area contributed by atoms with Crippen molar-refractivity contribution in [2.75, 3.05) is 6.61 Å². The minimum Gasteiger partial charge on any atom is -1.00 e. The zero-order valence-electron chi connectivity index (χ0n) is 9.30. The van der Waals surface area contributed by atoms with Crippen LogP contribution in [0.25, 0.3) is 0 Å². The van der Waals surface area contributed by atoms with Gasteiger partial charge in [0.05, 0.1) is 6.61 Å². The van der Waals surface area contributed by atoms with Crippen LogP contribution in [-0.2, 0) is 9.53 Å². The van der Waals surface area contributed by atoms with Crippen LogP contribution in [0.4, 0.5) is 0 Å². The van der Waals surface area contributed by atoms with Crippen LogP contribution in [0.5, 0.6) is 0 Å². The molecule has 0 aromatic carbocycles. The molecule has 0 saturated carbocycles. The molecule has 0 spiro atoms. The molecule has 0 amide bonds. The molecule has 4 heteroatoms. The third-order valence-corrected chi connectivity index (χ3v) is 1.36. The molecular formula is C8H18NNaO2. The Morgan fingerprint density at radius 1 is 1.58 bits per heavy atom. The van der Waals surface area contributed by atoms with E-state index < -0.39 is 6.04 Å². The Morgan fingerprint density at radius 2 is 2.17 bits per heavy atom. The summed E-state index contributed by atoms with van der Waals surface area (Å²) < 4.78 is 4.84. The Labute approximate surface area is 97.8 Å². The Kier molecular flexibility index (Phi) is 11.8. The fourth-order valence-corrected chi connectivity index (χ4v) is 0.656. The van der Waals surface area contributed by atoms with Crippen LogP contribution < -0.4 is 35.3 Å². The van der Waals surface area contributed by atoms with E-state index in [0.29, 0.717) is 6.61 Å². The van der Waals surface area contributed by atoms with Gasteiger partial charge in [-0.1, -0.05) is 19.8 Å². The molecule has 0 aliphatic heterocycles. The third kappa shape index (κ3) is 8.53. The van der Waals surface area contributed by atoms with Crippen molar-refractivity contribution < 1.29 is 40.5 Å². The van der Waals surface area contributed by atoms with Crippen molar-refractivity contribution in [1.82, 2.24) is 0 Å². The fourth-order valence-electron chi connectivity index (χ4n) is 0.656. The number of nitrogens with two attached hydrogens (primary N) is 1. The van der Waals surface area contributed by atoms with Crippen molar-refractivity contribution in [2.45, 2.75) is 39.2 Å². The molecule has 2 N–H and O–H groups in total. The zero-order valence-corrected chi connectivity index (χ0v) is 10.3. The van der Waals surface area contributed by atoms with Gasteiger partial charge in [0, 0.05) is 0 Å². The van der Waals surface area contributed by atoms with Crippen LogP contribution >= 0.6 is 0 Å². The van der Waals surface area contributed by atoms with Crippen molar-refractivity contribution in [3.05, 3.63) is 0 Å². The predicted octanol–water partition coefficient (Wildman–Crippen LogP) is -1.82. The maximum Gasteiger partial charge on any atom is 1.00 e. The first kappa shape index (κ1) is 14.9. The van der Waals surface area contributed by atoms with E-state index in [1.54, 1.807) is 6.92 Å². The van der Waals surface area contributed by atoms with E-state index in [0.717, 1.165) is 19.3 Å². The Balaban J connectivity index is -0.000000500. The molecule has 3 nitrogen and oxygen atoms in total. The van der Waals surface area contributed by atoms with Gasteiger partial charge in [-0.2, -0.15) is 0 Å². The van der Waals surface area contributed by atoms with Gasteiger partial charge in [0.2, 0.25) is 0 Å². The number of carbonyl (C=O) groups is 1. The van der Waals surface area contributed by atoms with Crippen molar-refractivity contribution in [2.24, 2.45) is 5.73 Å². The standard InChI is InChI=1S/C8H17NO2.Na.H/c1-3-4-5-6-11-8(10)7(2)9;;/h7H,3-6,9H2,1-2H3;;/q;+1;-1/t7-;;/m1../s1. The number of hydrogen-bond acceptors (Lipinski definition) is 3. The first-order valence-electron chi connectivity index (χ1n) is 4.10. The molecule has 68 valence electrons. The van der Waals surface area contributed by atoms with Gasteiger partial charge in [-0.25, -0.2) is 0 Å². The van der Waals surface area contributed by atoms with Crippen LogP contribution in [-0.4, -0.2) is 18.6 Å². The smallest absolute Gasteiger partial charge is 1.00 e. The molecular weight excluding hydrogens is 165 g/mol. The van der Waals surface area contributed by atoms with Gasteiger partial charge in [0.15, 0.2) is 0 Å². The van der Waals surface area contributed by atoms with Gasteiger partial charge in [-0.3, -0.25) is 4.79 Å². The van der Waals surface area contributed by atoms with Gasteiger partial charge in [-0.05, 0) is 13.3 Å². The Hall–Kier alpha value is 0.430. The maximum absolute atomic E-state index is 10.8. The fraction of sp³-hybridized carbons (Fsp3) is 0.875. The van der Waals surface area contributed by atoms with Gasteiger partial charge < -0.3 is 11.9 Å². The molecule has 0 radical (unpaired) electrons. The third-order valence-electron chi connectivity index (χ3n) is 1.36. The first-order valence-corrected chi connectivity index (χ1v) is 4.10. The molecule has 0 aromatic heterocycles. The van der Waals surface area contributed by atoms with E-state index in [1.807, 2.05) is 0 Å². The summed E-state index contributed by atoms with van der Waals surface area (Å²) in [6, 6.07) is -0.489. The van der Waals surface area contributed by atoms with Crippen LogP contribution in [0.1, 0.15) is 34.5 Å². The molecule has 0 rings (SSSR count). The zero-order chi connectivity index (χ0) is 8.69. The van der Waals surface area contributed by atoms with E-state index in [-0.39, 0.29) is 37.0 Å². The molecule has 0 fully saturated rings. The molecule has 0 saturated heterocycles. The SMILES string of the molecule is CCCCCOC(=O)[C@@H](C)N.[H-].[Na+]. The summed E-state index contributed by atoms with van der Waals surface area (Å²) >= 11 is 0. The average molecular weight is 183 g/mol. The second kappa shape index (κ2) is 9.52. The summed E-state index contributed by atoms with van der Waals surface area (Å²) in [5.41, 5.74) is 5.28. The molecule has 0 aromatic rings. The van der Waals surface area contributed by atoms with E-state index in [2.05, 4.69) is 6.92 Å². The quantitative estimate of drug-likeness (QED) is 0.310. The van der Waals surface area contributed by atoms with Crippen LogP contribution in [0.2, 0.25) is 0 Å².